The maximum absolute atomic E-state index is 12.5. The summed E-state index contributed by atoms with van der Waals surface area (Å²) in [7, 11) is -1.82. The summed E-state index contributed by atoms with van der Waals surface area (Å²) in [6, 6.07) is 9.63. The molecular formula is C21H23N7O5S2. The molecule has 12 nitrogen and oxygen atoms in total. The number of sulfonamides is 1. The second-order valence-electron chi connectivity index (χ2n) is 7.97. The third-order valence-electron chi connectivity index (χ3n) is 5.38. The number of fused-ring (bicyclic) bond motifs is 1. The summed E-state index contributed by atoms with van der Waals surface area (Å²) in [4.78, 5) is 12.8. The summed E-state index contributed by atoms with van der Waals surface area (Å²) in [6.07, 6.45) is 3.31. The molecule has 0 aliphatic carbocycles. The highest BCUT2D eigenvalue weighted by molar-refractivity contribution is 7.93. The van der Waals surface area contributed by atoms with Crippen LogP contribution in [-0.2, 0) is 16.4 Å². The van der Waals surface area contributed by atoms with Crippen LogP contribution in [0.15, 0.2) is 45.9 Å². The van der Waals surface area contributed by atoms with Gasteiger partial charge in [-0.2, -0.15) is 0 Å². The van der Waals surface area contributed by atoms with E-state index in [2.05, 4.69) is 25.2 Å². The summed E-state index contributed by atoms with van der Waals surface area (Å²) in [6.45, 7) is 2.60. The van der Waals surface area contributed by atoms with Crippen LogP contribution in [-0.4, -0.2) is 47.4 Å². The Morgan fingerprint density at radius 1 is 1.06 bits per heavy atom. The maximum Gasteiger partial charge on any atom is 0.300 e. The number of benzene rings is 2. The van der Waals surface area contributed by atoms with E-state index in [1.54, 1.807) is 30.3 Å². The molecule has 0 bridgehead atoms. The van der Waals surface area contributed by atoms with Crippen LogP contribution in [0.4, 0.5) is 16.5 Å². The van der Waals surface area contributed by atoms with E-state index >= 15 is 0 Å². The SMILES string of the molecule is Cc1ccc(S(=O)(=O)Nc2nnc(CCCCCN(C)c3ccc([N+](=O)[O-])c4nonc34)s2)cc1. The fourth-order valence-electron chi connectivity index (χ4n) is 3.51. The van der Waals surface area contributed by atoms with Crippen LogP contribution in [0.1, 0.15) is 29.8 Å². The average molecular weight is 518 g/mol. The van der Waals surface area contributed by atoms with E-state index in [1.807, 2.05) is 18.9 Å². The monoisotopic (exact) mass is 517 g/mol. The lowest BCUT2D eigenvalue weighted by atomic mass is 10.1. The minimum absolute atomic E-state index is 0.129. The molecule has 2 aromatic heterocycles. The van der Waals surface area contributed by atoms with Gasteiger partial charge in [0.2, 0.25) is 10.6 Å². The van der Waals surface area contributed by atoms with Gasteiger partial charge >= 0.3 is 5.69 Å². The van der Waals surface area contributed by atoms with E-state index in [9.17, 15) is 18.5 Å². The molecule has 0 aliphatic rings. The molecule has 4 rings (SSSR count). The highest BCUT2D eigenvalue weighted by atomic mass is 32.2. The van der Waals surface area contributed by atoms with Crippen LogP contribution in [0.5, 0.6) is 0 Å². The zero-order valence-electron chi connectivity index (χ0n) is 19.0. The van der Waals surface area contributed by atoms with Crippen LogP contribution in [0, 0.1) is 17.0 Å². The van der Waals surface area contributed by atoms with Gasteiger partial charge < -0.3 is 4.90 Å². The third kappa shape index (κ3) is 5.71. The smallest absolute Gasteiger partial charge is 0.300 e. The number of unbranched alkanes of at least 4 members (excludes halogenated alkanes) is 2. The minimum Gasteiger partial charge on any atom is -0.373 e. The first-order chi connectivity index (χ1) is 16.7. The van der Waals surface area contributed by atoms with Crippen molar-refractivity contribution in [3.8, 4) is 0 Å². The molecule has 184 valence electrons. The predicted molar refractivity (Wildman–Crippen MR) is 131 cm³/mol. The molecule has 0 saturated carbocycles. The molecule has 0 saturated heterocycles. The number of hydrogen-bond donors (Lipinski definition) is 1. The Hall–Kier alpha value is -3.65. The number of nitrogens with one attached hydrogen (secondary N) is 1. The van der Waals surface area contributed by atoms with Crippen molar-refractivity contribution in [2.24, 2.45) is 0 Å². The van der Waals surface area contributed by atoms with E-state index in [1.165, 1.54) is 17.4 Å². The lowest BCUT2D eigenvalue weighted by molar-refractivity contribution is -0.383. The number of aryl methyl sites for hydroxylation is 2. The minimum atomic E-state index is -3.70. The van der Waals surface area contributed by atoms with Crippen molar-refractivity contribution < 1.29 is 18.0 Å². The number of hydrogen-bond acceptors (Lipinski definition) is 11. The molecule has 0 amide bonds. The van der Waals surface area contributed by atoms with Gasteiger partial charge in [0, 0.05) is 26.1 Å². The van der Waals surface area contributed by atoms with Crippen LogP contribution in [0.3, 0.4) is 0 Å². The summed E-state index contributed by atoms with van der Waals surface area (Å²) < 4.78 is 32.2. The quantitative estimate of drug-likeness (QED) is 0.175. The number of nitro groups is 1. The second kappa shape index (κ2) is 10.3. The molecule has 35 heavy (non-hydrogen) atoms. The van der Waals surface area contributed by atoms with E-state index < -0.39 is 14.9 Å². The van der Waals surface area contributed by atoms with Crippen molar-refractivity contribution in [2.75, 3.05) is 23.2 Å². The summed E-state index contributed by atoms with van der Waals surface area (Å²) in [5.74, 6) is 0. The predicted octanol–water partition coefficient (Wildman–Crippen LogP) is 3.94. The first kappa shape index (κ1) is 24.5. The van der Waals surface area contributed by atoms with E-state index in [4.69, 9.17) is 4.63 Å². The largest absolute Gasteiger partial charge is 0.373 e. The molecule has 1 N–H and O–H groups in total. The average Bonchev–Trinajstić information content (AvgIpc) is 3.47. The fourth-order valence-corrected chi connectivity index (χ4v) is 5.52. The molecule has 0 atom stereocenters. The normalized spacial score (nSPS) is 11.6. The zero-order chi connectivity index (χ0) is 25.0. The molecule has 2 heterocycles. The first-order valence-electron chi connectivity index (χ1n) is 10.8. The number of anilines is 2. The first-order valence-corrected chi connectivity index (χ1v) is 13.1. The van der Waals surface area contributed by atoms with Gasteiger partial charge in [-0.3, -0.25) is 14.8 Å². The van der Waals surface area contributed by atoms with Crippen LogP contribution >= 0.6 is 11.3 Å². The Balaban J connectivity index is 1.25. The summed E-state index contributed by atoms with van der Waals surface area (Å²) in [5, 5.41) is 27.7. The van der Waals surface area contributed by atoms with Crippen molar-refractivity contribution in [3.63, 3.8) is 0 Å². The zero-order valence-corrected chi connectivity index (χ0v) is 20.7. The molecule has 14 heteroatoms. The Kier molecular flexibility index (Phi) is 7.21. The number of non-ortho nitro benzene ring substituents is 1. The highest BCUT2D eigenvalue weighted by Crippen LogP contribution is 2.30. The van der Waals surface area contributed by atoms with E-state index in [0.717, 1.165) is 29.8 Å². The molecule has 0 radical (unpaired) electrons. The summed E-state index contributed by atoms with van der Waals surface area (Å²) >= 11 is 1.22. The highest BCUT2D eigenvalue weighted by Gasteiger charge is 2.21. The number of nitrogens with zero attached hydrogens (tertiary/aromatic N) is 6. The van der Waals surface area contributed by atoms with Gasteiger partial charge in [-0.15, -0.1) is 10.2 Å². The van der Waals surface area contributed by atoms with Gasteiger partial charge in [-0.05, 0) is 48.3 Å². The Labute approximate surface area is 205 Å². The number of nitro benzene ring substituents is 1. The molecule has 2 aromatic carbocycles. The van der Waals surface area contributed by atoms with Crippen molar-refractivity contribution >= 4 is 48.9 Å². The van der Waals surface area contributed by atoms with Gasteiger partial charge in [-0.25, -0.2) is 13.0 Å². The molecule has 0 fully saturated rings. The van der Waals surface area contributed by atoms with Crippen molar-refractivity contribution in [3.05, 3.63) is 57.1 Å². The van der Waals surface area contributed by atoms with Gasteiger partial charge in [0.15, 0.2) is 5.52 Å². The van der Waals surface area contributed by atoms with Crippen molar-refractivity contribution in [2.45, 2.75) is 37.5 Å². The van der Waals surface area contributed by atoms with Gasteiger partial charge in [0.25, 0.3) is 10.0 Å². The van der Waals surface area contributed by atoms with Crippen LogP contribution in [0.2, 0.25) is 0 Å². The molecule has 4 aromatic rings. The number of rotatable bonds is 11. The second-order valence-corrected chi connectivity index (χ2v) is 10.7. The topological polar surface area (TPSA) is 157 Å². The standard InChI is InChI=1S/C21H23N7O5S2/c1-14-7-9-15(10-8-14)35(31,32)26-21-23-22-18(34-21)6-4-3-5-13-27(2)16-11-12-17(28(29)30)20-19(16)24-33-25-20/h7-12H,3-6,13H2,1-2H3,(H,23,26). The van der Waals surface area contributed by atoms with E-state index in [0.29, 0.717) is 24.2 Å². The Morgan fingerprint density at radius 2 is 1.80 bits per heavy atom. The van der Waals surface area contributed by atoms with E-state index in [-0.39, 0.29) is 21.2 Å². The van der Waals surface area contributed by atoms with Crippen molar-refractivity contribution in [1.82, 2.24) is 20.5 Å². The van der Waals surface area contributed by atoms with Gasteiger partial charge in [0.1, 0.15) is 5.01 Å². The molecule has 0 spiro atoms. The Bertz CT molecular complexity index is 1430. The van der Waals surface area contributed by atoms with Crippen LogP contribution in [0.25, 0.3) is 11.0 Å². The van der Waals surface area contributed by atoms with Crippen LogP contribution < -0.4 is 9.62 Å². The third-order valence-corrected chi connectivity index (χ3v) is 7.77. The number of aromatic nitrogens is 4. The lowest BCUT2D eigenvalue weighted by Gasteiger charge is -2.18. The maximum atomic E-state index is 12.5. The summed E-state index contributed by atoms with van der Waals surface area (Å²) in [5.41, 5.74) is 2.03. The fraction of sp³-hybridized carbons (Fsp3) is 0.333. The lowest BCUT2D eigenvalue weighted by Crippen LogP contribution is -2.19. The molecular weight excluding hydrogens is 494 g/mol. The Morgan fingerprint density at radius 3 is 2.54 bits per heavy atom. The molecule has 0 aliphatic heterocycles. The van der Waals surface area contributed by atoms with Gasteiger partial charge in [-0.1, -0.05) is 35.5 Å². The molecule has 0 unspecified atom stereocenters. The van der Waals surface area contributed by atoms with Gasteiger partial charge in [0.05, 0.1) is 15.5 Å². The van der Waals surface area contributed by atoms with Crippen molar-refractivity contribution in [1.29, 1.82) is 0 Å².